The second kappa shape index (κ2) is 12.4. The fraction of sp³-hybridized carbons (Fsp3) is 0.348. The molecular formula is C23H26ClN3O3S. The lowest BCUT2D eigenvalue weighted by Gasteiger charge is -2.26. The van der Waals surface area contributed by atoms with Crippen LogP contribution in [0.2, 0.25) is 5.02 Å². The van der Waals surface area contributed by atoms with Crippen molar-refractivity contribution in [2.75, 3.05) is 25.4 Å². The minimum atomic E-state index is -0.145. The Kier molecular flexibility index (Phi) is 9.24. The van der Waals surface area contributed by atoms with Crippen molar-refractivity contribution < 1.29 is 14.3 Å². The molecule has 0 bridgehead atoms. The number of thioether (sulfide) groups is 1. The van der Waals surface area contributed by atoms with Gasteiger partial charge in [-0.25, -0.2) is 5.43 Å². The van der Waals surface area contributed by atoms with Gasteiger partial charge in [-0.1, -0.05) is 11.6 Å². The molecule has 1 saturated heterocycles. The molecule has 0 unspecified atom stereocenters. The predicted molar refractivity (Wildman–Crippen MR) is 125 cm³/mol. The van der Waals surface area contributed by atoms with Crippen molar-refractivity contribution in [2.45, 2.75) is 30.6 Å². The first kappa shape index (κ1) is 23.2. The SMILES string of the molecule is O=C(CCSc1ccc(Cl)cc1)N/N=C/c1ccc(OCC(=O)N2CCCCC2)cc1. The fourth-order valence-electron chi connectivity index (χ4n) is 3.06. The summed E-state index contributed by atoms with van der Waals surface area (Å²) < 4.78 is 5.59. The average Bonchev–Trinajstić information content (AvgIpc) is 2.80. The van der Waals surface area contributed by atoms with E-state index in [1.165, 1.54) is 6.42 Å². The number of halogens is 1. The number of likely N-dealkylation sites (tertiary alicyclic amines) is 1. The van der Waals surface area contributed by atoms with Crippen LogP contribution >= 0.6 is 23.4 Å². The number of piperidine rings is 1. The highest BCUT2D eigenvalue weighted by atomic mass is 35.5. The number of carbonyl (C=O) groups is 2. The minimum absolute atomic E-state index is 0.0299. The Hall–Kier alpha value is -2.51. The molecule has 1 fully saturated rings. The molecule has 6 nitrogen and oxygen atoms in total. The standard InChI is InChI=1S/C23H26ClN3O3S/c24-19-6-10-21(11-7-19)31-15-12-22(28)26-25-16-18-4-8-20(9-5-18)30-17-23(29)27-13-2-1-3-14-27/h4-11,16H,1-3,12-15,17H2,(H,26,28)/b25-16+. The van der Waals surface area contributed by atoms with Crippen molar-refractivity contribution in [3.05, 3.63) is 59.1 Å². The van der Waals surface area contributed by atoms with Crippen LogP contribution in [-0.4, -0.2) is 48.4 Å². The lowest BCUT2D eigenvalue weighted by atomic mass is 10.1. The first-order chi connectivity index (χ1) is 15.1. The molecule has 1 N–H and O–H groups in total. The Morgan fingerprint density at radius 1 is 1.06 bits per heavy atom. The highest BCUT2D eigenvalue weighted by Gasteiger charge is 2.16. The van der Waals surface area contributed by atoms with Crippen LogP contribution in [0.1, 0.15) is 31.2 Å². The van der Waals surface area contributed by atoms with Crippen molar-refractivity contribution >= 4 is 41.4 Å². The molecule has 2 aromatic carbocycles. The van der Waals surface area contributed by atoms with E-state index in [0.29, 0.717) is 22.9 Å². The summed E-state index contributed by atoms with van der Waals surface area (Å²) in [5, 5.41) is 4.69. The van der Waals surface area contributed by atoms with Gasteiger partial charge in [-0.05, 0) is 73.4 Å². The van der Waals surface area contributed by atoms with E-state index < -0.39 is 0 Å². The van der Waals surface area contributed by atoms with E-state index in [2.05, 4.69) is 10.5 Å². The van der Waals surface area contributed by atoms with E-state index in [0.717, 1.165) is 36.4 Å². The third-order valence-electron chi connectivity index (χ3n) is 4.77. The molecule has 0 aliphatic carbocycles. The highest BCUT2D eigenvalue weighted by molar-refractivity contribution is 7.99. The molecular weight excluding hydrogens is 434 g/mol. The summed E-state index contributed by atoms with van der Waals surface area (Å²) in [6.07, 6.45) is 5.26. The van der Waals surface area contributed by atoms with Crippen LogP contribution in [0.3, 0.4) is 0 Å². The van der Waals surface area contributed by atoms with Crippen LogP contribution in [0.15, 0.2) is 58.5 Å². The van der Waals surface area contributed by atoms with Gasteiger partial charge in [-0.15, -0.1) is 11.8 Å². The van der Waals surface area contributed by atoms with Gasteiger partial charge in [0.15, 0.2) is 6.61 Å². The van der Waals surface area contributed by atoms with Gasteiger partial charge in [-0.2, -0.15) is 5.10 Å². The third kappa shape index (κ3) is 8.26. The first-order valence-corrected chi connectivity index (χ1v) is 11.7. The molecule has 8 heteroatoms. The number of benzene rings is 2. The normalized spacial score (nSPS) is 13.9. The van der Waals surface area contributed by atoms with Gasteiger partial charge in [0.05, 0.1) is 6.21 Å². The van der Waals surface area contributed by atoms with Gasteiger partial charge in [-0.3, -0.25) is 9.59 Å². The summed E-state index contributed by atoms with van der Waals surface area (Å²) in [7, 11) is 0. The lowest BCUT2D eigenvalue weighted by molar-refractivity contribution is -0.134. The van der Waals surface area contributed by atoms with E-state index in [4.69, 9.17) is 16.3 Å². The number of ether oxygens (including phenoxy) is 1. The third-order valence-corrected chi connectivity index (χ3v) is 6.03. The minimum Gasteiger partial charge on any atom is -0.484 e. The summed E-state index contributed by atoms with van der Waals surface area (Å²) in [4.78, 5) is 27.0. The number of amides is 2. The van der Waals surface area contributed by atoms with Crippen LogP contribution in [0.4, 0.5) is 0 Å². The van der Waals surface area contributed by atoms with E-state index in [1.807, 2.05) is 41.3 Å². The molecule has 2 amide bonds. The van der Waals surface area contributed by atoms with Crippen molar-refractivity contribution in [3.63, 3.8) is 0 Å². The molecule has 0 saturated carbocycles. The molecule has 0 atom stereocenters. The summed E-state index contributed by atoms with van der Waals surface area (Å²) in [5.41, 5.74) is 3.36. The zero-order valence-electron chi connectivity index (χ0n) is 17.3. The topological polar surface area (TPSA) is 71.0 Å². The van der Waals surface area contributed by atoms with Crippen LogP contribution in [0, 0.1) is 0 Å². The van der Waals surface area contributed by atoms with Crippen LogP contribution in [-0.2, 0) is 9.59 Å². The van der Waals surface area contributed by atoms with Crippen LogP contribution in [0.25, 0.3) is 0 Å². The molecule has 1 aliphatic heterocycles. The molecule has 0 aromatic heterocycles. The summed E-state index contributed by atoms with van der Waals surface area (Å²) >= 11 is 7.45. The van der Waals surface area contributed by atoms with Gasteiger partial charge in [0.1, 0.15) is 5.75 Å². The molecule has 164 valence electrons. The first-order valence-electron chi connectivity index (χ1n) is 10.3. The van der Waals surface area contributed by atoms with E-state index in [9.17, 15) is 9.59 Å². The van der Waals surface area contributed by atoms with Gasteiger partial charge in [0.2, 0.25) is 5.91 Å². The number of nitrogens with zero attached hydrogens (tertiary/aromatic N) is 2. The number of carbonyl (C=O) groups excluding carboxylic acids is 2. The number of hydrazone groups is 1. The predicted octanol–water partition coefficient (Wildman–Crippen LogP) is 4.36. The van der Waals surface area contributed by atoms with E-state index in [-0.39, 0.29) is 18.4 Å². The highest BCUT2D eigenvalue weighted by Crippen LogP contribution is 2.20. The lowest BCUT2D eigenvalue weighted by Crippen LogP contribution is -2.38. The van der Waals surface area contributed by atoms with Crippen molar-refractivity contribution in [3.8, 4) is 5.75 Å². The maximum absolute atomic E-state index is 12.1. The van der Waals surface area contributed by atoms with Gasteiger partial charge in [0.25, 0.3) is 5.91 Å². The van der Waals surface area contributed by atoms with Crippen molar-refractivity contribution in [1.82, 2.24) is 10.3 Å². The Labute approximate surface area is 192 Å². The number of hydrogen-bond donors (Lipinski definition) is 1. The number of rotatable bonds is 9. The quantitative estimate of drug-likeness (QED) is 0.343. The molecule has 0 radical (unpaired) electrons. The van der Waals surface area contributed by atoms with E-state index in [1.54, 1.807) is 30.1 Å². The molecule has 31 heavy (non-hydrogen) atoms. The second-order valence-electron chi connectivity index (χ2n) is 7.14. The fourth-order valence-corrected chi connectivity index (χ4v) is 4.03. The second-order valence-corrected chi connectivity index (χ2v) is 8.75. The number of nitrogens with one attached hydrogen (secondary N) is 1. The maximum Gasteiger partial charge on any atom is 0.260 e. The molecule has 2 aromatic rings. The van der Waals surface area contributed by atoms with Crippen LogP contribution < -0.4 is 10.2 Å². The Morgan fingerprint density at radius 3 is 2.48 bits per heavy atom. The average molecular weight is 460 g/mol. The molecule has 1 heterocycles. The van der Waals surface area contributed by atoms with Crippen molar-refractivity contribution in [1.29, 1.82) is 0 Å². The van der Waals surface area contributed by atoms with Gasteiger partial charge >= 0.3 is 0 Å². The van der Waals surface area contributed by atoms with Crippen molar-refractivity contribution in [2.24, 2.45) is 5.10 Å². The largest absolute Gasteiger partial charge is 0.484 e. The zero-order chi connectivity index (χ0) is 21.9. The summed E-state index contributed by atoms with van der Waals surface area (Å²) in [5.74, 6) is 1.17. The monoisotopic (exact) mass is 459 g/mol. The zero-order valence-corrected chi connectivity index (χ0v) is 18.8. The Morgan fingerprint density at radius 2 is 1.77 bits per heavy atom. The molecule has 3 rings (SSSR count). The maximum atomic E-state index is 12.1. The molecule has 0 spiro atoms. The van der Waals surface area contributed by atoms with E-state index >= 15 is 0 Å². The summed E-state index contributed by atoms with van der Waals surface area (Å²) in [6, 6.07) is 14.7. The van der Waals surface area contributed by atoms with Gasteiger partial charge in [0, 0.05) is 35.2 Å². The van der Waals surface area contributed by atoms with Gasteiger partial charge < -0.3 is 9.64 Å². The molecule has 1 aliphatic rings. The van der Waals surface area contributed by atoms with Crippen LogP contribution in [0.5, 0.6) is 5.75 Å². The Bertz CT molecular complexity index is 882. The number of hydrogen-bond acceptors (Lipinski definition) is 5. The smallest absolute Gasteiger partial charge is 0.260 e. The Balaban J connectivity index is 1.34. The summed E-state index contributed by atoms with van der Waals surface area (Å²) in [6.45, 7) is 1.70.